The van der Waals surface area contributed by atoms with Crippen molar-refractivity contribution in [3.63, 3.8) is 0 Å². The number of fused-ring (bicyclic) bond motifs is 1. The summed E-state index contributed by atoms with van der Waals surface area (Å²) in [6.45, 7) is 1.83. The third-order valence-corrected chi connectivity index (χ3v) is 6.54. The van der Waals surface area contributed by atoms with Gasteiger partial charge in [0.25, 0.3) is 11.5 Å². The summed E-state index contributed by atoms with van der Waals surface area (Å²) in [5, 5.41) is 5.49. The molecule has 0 spiro atoms. The number of rotatable bonds is 7. The van der Waals surface area contributed by atoms with Crippen molar-refractivity contribution in [1.82, 2.24) is 19.7 Å². The fourth-order valence-corrected chi connectivity index (χ4v) is 4.63. The number of ether oxygens (including phenoxy) is 2. The molecule has 1 fully saturated rings. The number of methoxy groups -OCH3 is 1. The van der Waals surface area contributed by atoms with Crippen molar-refractivity contribution in [1.29, 1.82) is 0 Å². The molecular weight excluding hydrogens is 444 g/mol. The average Bonchev–Trinajstić information content (AvgIpc) is 3.33. The Balaban J connectivity index is 1.22. The number of nitrogens with one attached hydrogen (secondary N) is 1. The van der Waals surface area contributed by atoms with Crippen molar-refractivity contribution >= 4 is 16.8 Å². The number of para-hydroxylation sites is 1. The second-order valence-electron chi connectivity index (χ2n) is 8.66. The van der Waals surface area contributed by atoms with E-state index in [1.165, 1.54) is 27.8 Å². The van der Waals surface area contributed by atoms with Gasteiger partial charge in [0.1, 0.15) is 23.8 Å². The highest BCUT2D eigenvalue weighted by Crippen LogP contribution is 2.34. The highest BCUT2D eigenvalue weighted by Gasteiger charge is 2.27. The van der Waals surface area contributed by atoms with Gasteiger partial charge in [0.2, 0.25) is 0 Å². The number of carbonyl (C=O) groups excluding carboxylic acids is 1. The summed E-state index contributed by atoms with van der Waals surface area (Å²) in [5.74, 6) is 1.77. The number of hydrogen-bond acceptors (Lipinski definition) is 5. The zero-order valence-electron chi connectivity index (χ0n) is 19.6. The number of aromatic nitrogens is 3. The molecule has 0 bridgehead atoms. The van der Waals surface area contributed by atoms with Crippen molar-refractivity contribution in [2.45, 2.75) is 25.3 Å². The summed E-state index contributed by atoms with van der Waals surface area (Å²) in [7, 11) is 1.67. The summed E-state index contributed by atoms with van der Waals surface area (Å²) in [5.41, 5.74) is 2.37. The topological polar surface area (TPSA) is 89.5 Å². The standard InChI is InChI=1S/C27H28N4O4/c1-34-21-7-8-24-22(17-21)23(18-28-24)19-11-13-30(14-12-19)27(33)25-9-10-26(32)31(29-25)15-16-35-20-5-3-2-4-6-20/h2-10,17-19,28H,11-16H2,1H3. The quantitative estimate of drug-likeness (QED) is 0.442. The van der Waals surface area contributed by atoms with E-state index in [1.807, 2.05) is 47.4 Å². The van der Waals surface area contributed by atoms with Gasteiger partial charge in [-0.1, -0.05) is 18.2 Å². The number of aromatic amines is 1. The molecule has 0 saturated carbocycles. The van der Waals surface area contributed by atoms with Crippen molar-refractivity contribution < 1.29 is 14.3 Å². The van der Waals surface area contributed by atoms with Crippen LogP contribution in [0.2, 0.25) is 0 Å². The zero-order valence-corrected chi connectivity index (χ0v) is 19.6. The number of amides is 1. The molecule has 3 heterocycles. The lowest BCUT2D eigenvalue weighted by Crippen LogP contribution is -2.39. The number of nitrogens with zero attached hydrogens (tertiary/aromatic N) is 3. The van der Waals surface area contributed by atoms with Gasteiger partial charge in [-0.25, -0.2) is 4.68 Å². The van der Waals surface area contributed by atoms with Gasteiger partial charge in [-0.3, -0.25) is 9.59 Å². The molecule has 0 radical (unpaired) electrons. The molecule has 2 aromatic carbocycles. The summed E-state index contributed by atoms with van der Waals surface area (Å²) in [6, 6.07) is 18.3. The van der Waals surface area contributed by atoms with Gasteiger partial charge in [0.15, 0.2) is 0 Å². The van der Waals surface area contributed by atoms with E-state index in [1.54, 1.807) is 7.11 Å². The van der Waals surface area contributed by atoms with E-state index in [9.17, 15) is 9.59 Å². The molecule has 180 valence electrons. The first kappa shape index (κ1) is 22.7. The van der Waals surface area contributed by atoms with Gasteiger partial charge in [0, 0.05) is 36.3 Å². The first-order valence-electron chi connectivity index (χ1n) is 11.8. The second kappa shape index (κ2) is 10.0. The highest BCUT2D eigenvalue weighted by atomic mass is 16.5. The Kier molecular flexibility index (Phi) is 6.52. The number of carbonyl (C=O) groups is 1. The van der Waals surface area contributed by atoms with Crippen molar-refractivity contribution in [3.05, 3.63) is 88.5 Å². The predicted octanol–water partition coefficient (Wildman–Crippen LogP) is 3.83. The van der Waals surface area contributed by atoms with Crippen LogP contribution in [0, 0.1) is 0 Å². The maximum atomic E-state index is 13.1. The third-order valence-electron chi connectivity index (χ3n) is 6.54. The van der Waals surface area contributed by atoms with Gasteiger partial charge in [-0.05, 0) is 60.7 Å². The molecule has 8 heteroatoms. The van der Waals surface area contributed by atoms with E-state index in [0.717, 1.165) is 29.9 Å². The first-order valence-corrected chi connectivity index (χ1v) is 11.8. The van der Waals surface area contributed by atoms with Gasteiger partial charge in [-0.2, -0.15) is 5.10 Å². The molecule has 8 nitrogen and oxygen atoms in total. The largest absolute Gasteiger partial charge is 0.497 e. The molecule has 0 aliphatic carbocycles. The molecule has 5 rings (SSSR count). The Morgan fingerprint density at radius 2 is 1.86 bits per heavy atom. The summed E-state index contributed by atoms with van der Waals surface area (Å²) in [4.78, 5) is 30.6. The second-order valence-corrected chi connectivity index (χ2v) is 8.66. The Hall–Kier alpha value is -4.07. The van der Waals surface area contributed by atoms with Gasteiger partial charge in [0.05, 0.1) is 13.7 Å². The van der Waals surface area contributed by atoms with E-state index in [2.05, 4.69) is 22.3 Å². The maximum Gasteiger partial charge on any atom is 0.274 e. The number of likely N-dealkylation sites (tertiary alicyclic amines) is 1. The van der Waals surface area contributed by atoms with E-state index in [4.69, 9.17) is 9.47 Å². The third kappa shape index (κ3) is 4.91. The highest BCUT2D eigenvalue weighted by molar-refractivity contribution is 5.92. The average molecular weight is 473 g/mol. The lowest BCUT2D eigenvalue weighted by molar-refractivity contribution is 0.0704. The zero-order chi connectivity index (χ0) is 24.2. The Labute approximate surface area is 203 Å². The number of piperidine rings is 1. The molecule has 1 aliphatic rings. The normalized spacial score (nSPS) is 14.3. The fourth-order valence-electron chi connectivity index (χ4n) is 4.63. The van der Waals surface area contributed by atoms with Crippen LogP contribution in [0.25, 0.3) is 10.9 Å². The molecule has 2 aromatic heterocycles. The van der Waals surface area contributed by atoms with Crippen LogP contribution in [0.5, 0.6) is 11.5 Å². The van der Waals surface area contributed by atoms with Crippen molar-refractivity contribution in [3.8, 4) is 11.5 Å². The van der Waals surface area contributed by atoms with Gasteiger partial charge >= 0.3 is 0 Å². The Bertz CT molecular complexity index is 1370. The lowest BCUT2D eigenvalue weighted by atomic mass is 9.89. The van der Waals surface area contributed by atoms with Crippen molar-refractivity contribution in [2.75, 3.05) is 26.8 Å². The minimum Gasteiger partial charge on any atom is -0.497 e. The molecular formula is C27H28N4O4. The van der Waals surface area contributed by atoms with E-state index < -0.39 is 0 Å². The number of H-pyrrole nitrogens is 1. The van der Waals surface area contributed by atoms with Crippen LogP contribution in [0.4, 0.5) is 0 Å². The summed E-state index contributed by atoms with van der Waals surface area (Å²) >= 11 is 0. The van der Waals surface area contributed by atoms with E-state index in [-0.39, 0.29) is 30.3 Å². The Morgan fingerprint density at radius 1 is 1.06 bits per heavy atom. The minimum atomic E-state index is -0.258. The lowest BCUT2D eigenvalue weighted by Gasteiger charge is -2.31. The Morgan fingerprint density at radius 3 is 2.63 bits per heavy atom. The van der Waals surface area contributed by atoms with Crippen LogP contribution in [-0.2, 0) is 6.54 Å². The fraction of sp³-hybridized carbons (Fsp3) is 0.296. The summed E-state index contributed by atoms with van der Waals surface area (Å²) < 4.78 is 12.4. The van der Waals surface area contributed by atoms with Crippen LogP contribution in [0.15, 0.2) is 71.7 Å². The number of benzene rings is 2. The molecule has 4 aromatic rings. The van der Waals surface area contributed by atoms with Crippen LogP contribution in [0.1, 0.15) is 34.8 Å². The molecule has 1 aliphatic heterocycles. The van der Waals surface area contributed by atoms with Gasteiger partial charge < -0.3 is 19.4 Å². The van der Waals surface area contributed by atoms with Crippen molar-refractivity contribution in [2.24, 2.45) is 0 Å². The van der Waals surface area contributed by atoms with Gasteiger partial charge in [-0.15, -0.1) is 0 Å². The summed E-state index contributed by atoms with van der Waals surface area (Å²) in [6.07, 6.45) is 3.79. The van der Waals surface area contributed by atoms with Crippen LogP contribution >= 0.6 is 0 Å². The molecule has 1 N–H and O–H groups in total. The molecule has 0 atom stereocenters. The van der Waals surface area contributed by atoms with E-state index in [0.29, 0.717) is 19.0 Å². The molecule has 1 saturated heterocycles. The van der Waals surface area contributed by atoms with E-state index >= 15 is 0 Å². The monoisotopic (exact) mass is 472 g/mol. The molecule has 35 heavy (non-hydrogen) atoms. The van der Waals surface area contributed by atoms with Crippen LogP contribution < -0.4 is 15.0 Å². The first-order chi connectivity index (χ1) is 17.1. The predicted molar refractivity (Wildman–Crippen MR) is 133 cm³/mol. The number of hydrogen-bond donors (Lipinski definition) is 1. The molecule has 0 unspecified atom stereocenters. The van der Waals surface area contributed by atoms with Crippen LogP contribution in [-0.4, -0.2) is 52.4 Å². The minimum absolute atomic E-state index is 0.151. The SMILES string of the molecule is COc1ccc2[nH]cc(C3CCN(C(=O)c4ccc(=O)n(CCOc5ccccc5)n4)CC3)c2c1. The molecule has 1 amide bonds. The maximum absolute atomic E-state index is 13.1. The van der Waals surface area contributed by atoms with Crippen LogP contribution in [0.3, 0.4) is 0 Å². The smallest absolute Gasteiger partial charge is 0.274 e.